The standard InChI is InChI=1S/C18H28N2O/c1-3-14(2)20-18(21)12-13-19-17-11-7-5-9-15-8-4-6-10-16(15)17/h4,6,8,10,14,17,19H,3,5,7,9,11-13H2,1-2H3,(H,20,21). The highest BCUT2D eigenvalue weighted by Crippen LogP contribution is 2.28. The minimum absolute atomic E-state index is 0.152. The summed E-state index contributed by atoms with van der Waals surface area (Å²) < 4.78 is 0. The first-order chi connectivity index (χ1) is 10.2. The Bertz CT molecular complexity index is 458. The number of carbonyl (C=O) groups is 1. The number of fused-ring (bicyclic) bond motifs is 1. The van der Waals surface area contributed by atoms with Crippen LogP contribution in [0.15, 0.2) is 24.3 Å². The topological polar surface area (TPSA) is 41.1 Å². The van der Waals surface area contributed by atoms with Gasteiger partial charge in [-0.1, -0.05) is 37.6 Å². The Morgan fingerprint density at radius 1 is 1.33 bits per heavy atom. The molecule has 0 radical (unpaired) electrons. The maximum Gasteiger partial charge on any atom is 0.221 e. The van der Waals surface area contributed by atoms with E-state index in [0.717, 1.165) is 13.0 Å². The first-order valence-corrected chi connectivity index (χ1v) is 8.31. The van der Waals surface area contributed by atoms with E-state index < -0.39 is 0 Å². The molecule has 2 rings (SSSR count). The lowest BCUT2D eigenvalue weighted by Crippen LogP contribution is -2.34. The van der Waals surface area contributed by atoms with Crippen LogP contribution in [0.5, 0.6) is 0 Å². The maximum absolute atomic E-state index is 11.8. The summed E-state index contributed by atoms with van der Waals surface area (Å²) in [4.78, 5) is 11.8. The van der Waals surface area contributed by atoms with Crippen molar-refractivity contribution in [1.82, 2.24) is 10.6 Å². The van der Waals surface area contributed by atoms with E-state index in [1.807, 2.05) is 6.92 Å². The Balaban J connectivity index is 1.84. The Kier molecular flexibility index (Phi) is 6.24. The molecular weight excluding hydrogens is 260 g/mol. The second-order valence-corrected chi connectivity index (χ2v) is 6.08. The van der Waals surface area contributed by atoms with Crippen LogP contribution in [0, 0.1) is 0 Å². The smallest absolute Gasteiger partial charge is 0.221 e. The zero-order chi connectivity index (χ0) is 15.1. The molecule has 1 aromatic carbocycles. The van der Waals surface area contributed by atoms with Crippen LogP contribution in [-0.4, -0.2) is 18.5 Å². The molecule has 2 unspecified atom stereocenters. The average Bonchev–Trinajstić information content (AvgIpc) is 2.70. The zero-order valence-corrected chi connectivity index (χ0v) is 13.3. The van der Waals surface area contributed by atoms with Crippen LogP contribution in [0.3, 0.4) is 0 Å². The summed E-state index contributed by atoms with van der Waals surface area (Å²) in [5.41, 5.74) is 2.90. The van der Waals surface area contributed by atoms with Crippen LogP contribution >= 0.6 is 0 Å². The van der Waals surface area contributed by atoms with Gasteiger partial charge in [-0.3, -0.25) is 4.79 Å². The second-order valence-electron chi connectivity index (χ2n) is 6.08. The van der Waals surface area contributed by atoms with E-state index in [0.29, 0.717) is 12.5 Å². The third-order valence-corrected chi connectivity index (χ3v) is 4.38. The molecule has 0 aliphatic heterocycles. The van der Waals surface area contributed by atoms with E-state index in [1.54, 1.807) is 0 Å². The summed E-state index contributed by atoms with van der Waals surface area (Å²) in [5.74, 6) is 0.152. The number of benzene rings is 1. The molecule has 21 heavy (non-hydrogen) atoms. The van der Waals surface area contributed by atoms with Gasteiger partial charge in [-0.05, 0) is 43.7 Å². The average molecular weight is 288 g/mol. The Morgan fingerprint density at radius 2 is 2.14 bits per heavy atom. The number of rotatable bonds is 6. The predicted molar refractivity (Wildman–Crippen MR) is 87.3 cm³/mol. The molecule has 2 N–H and O–H groups in total. The van der Waals surface area contributed by atoms with E-state index >= 15 is 0 Å². The number of hydrogen-bond donors (Lipinski definition) is 2. The first kappa shape index (κ1) is 16.0. The van der Waals surface area contributed by atoms with Crippen LogP contribution in [0.4, 0.5) is 0 Å². The fourth-order valence-electron chi connectivity index (χ4n) is 2.94. The Morgan fingerprint density at radius 3 is 2.95 bits per heavy atom. The fraction of sp³-hybridized carbons (Fsp3) is 0.611. The van der Waals surface area contributed by atoms with Crippen molar-refractivity contribution in [3.8, 4) is 0 Å². The third kappa shape index (κ3) is 4.85. The van der Waals surface area contributed by atoms with Crippen molar-refractivity contribution in [2.45, 2.75) is 64.5 Å². The van der Waals surface area contributed by atoms with E-state index in [9.17, 15) is 4.79 Å². The van der Waals surface area contributed by atoms with E-state index in [2.05, 4.69) is 41.8 Å². The van der Waals surface area contributed by atoms with Crippen LogP contribution in [-0.2, 0) is 11.2 Å². The molecule has 0 heterocycles. The molecule has 0 aromatic heterocycles. The van der Waals surface area contributed by atoms with Gasteiger partial charge in [0.15, 0.2) is 0 Å². The summed E-state index contributed by atoms with van der Waals surface area (Å²) in [6.45, 7) is 4.89. The van der Waals surface area contributed by atoms with Crippen molar-refractivity contribution in [2.75, 3.05) is 6.54 Å². The molecule has 0 fully saturated rings. The predicted octanol–water partition coefficient (Wildman–Crippen LogP) is 3.35. The quantitative estimate of drug-likeness (QED) is 0.788. The largest absolute Gasteiger partial charge is 0.354 e. The molecule has 116 valence electrons. The van der Waals surface area contributed by atoms with Gasteiger partial charge in [-0.2, -0.15) is 0 Å². The monoisotopic (exact) mass is 288 g/mol. The first-order valence-electron chi connectivity index (χ1n) is 8.31. The lowest BCUT2D eigenvalue weighted by atomic mass is 9.99. The summed E-state index contributed by atoms with van der Waals surface area (Å²) >= 11 is 0. The molecule has 3 heteroatoms. The minimum Gasteiger partial charge on any atom is -0.354 e. The van der Waals surface area contributed by atoms with Crippen molar-refractivity contribution in [2.24, 2.45) is 0 Å². The maximum atomic E-state index is 11.8. The zero-order valence-electron chi connectivity index (χ0n) is 13.3. The lowest BCUT2D eigenvalue weighted by molar-refractivity contribution is -0.121. The van der Waals surface area contributed by atoms with Crippen molar-refractivity contribution in [3.05, 3.63) is 35.4 Å². The SMILES string of the molecule is CCC(C)NC(=O)CCNC1CCCCc2ccccc21. The van der Waals surface area contributed by atoms with E-state index in [4.69, 9.17) is 0 Å². The van der Waals surface area contributed by atoms with Crippen molar-refractivity contribution < 1.29 is 4.79 Å². The summed E-state index contributed by atoms with van der Waals surface area (Å²) in [6, 6.07) is 9.40. The van der Waals surface area contributed by atoms with Gasteiger partial charge in [0.1, 0.15) is 0 Å². The van der Waals surface area contributed by atoms with Crippen LogP contribution in [0.25, 0.3) is 0 Å². The fourth-order valence-corrected chi connectivity index (χ4v) is 2.94. The van der Waals surface area contributed by atoms with Crippen LogP contribution in [0.2, 0.25) is 0 Å². The molecule has 3 nitrogen and oxygen atoms in total. The molecular formula is C18H28N2O. The minimum atomic E-state index is 0.152. The highest BCUT2D eigenvalue weighted by Gasteiger charge is 2.17. The number of hydrogen-bond acceptors (Lipinski definition) is 2. The molecule has 1 aliphatic carbocycles. The highest BCUT2D eigenvalue weighted by molar-refractivity contribution is 5.76. The van der Waals surface area contributed by atoms with Gasteiger partial charge in [0.2, 0.25) is 5.91 Å². The molecule has 0 saturated carbocycles. The molecule has 1 aromatic rings. The van der Waals surface area contributed by atoms with Gasteiger partial charge < -0.3 is 10.6 Å². The van der Waals surface area contributed by atoms with Crippen LogP contribution < -0.4 is 10.6 Å². The highest BCUT2D eigenvalue weighted by atomic mass is 16.1. The molecule has 2 atom stereocenters. The third-order valence-electron chi connectivity index (χ3n) is 4.38. The van der Waals surface area contributed by atoms with Gasteiger partial charge in [-0.15, -0.1) is 0 Å². The molecule has 1 amide bonds. The molecule has 0 saturated heterocycles. The number of carbonyl (C=O) groups excluding carboxylic acids is 1. The van der Waals surface area contributed by atoms with Crippen molar-refractivity contribution in [1.29, 1.82) is 0 Å². The number of aryl methyl sites for hydroxylation is 1. The van der Waals surface area contributed by atoms with E-state index in [1.165, 1.54) is 36.8 Å². The number of amides is 1. The van der Waals surface area contributed by atoms with E-state index in [-0.39, 0.29) is 11.9 Å². The molecule has 0 spiro atoms. The molecule has 0 bridgehead atoms. The number of nitrogens with one attached hydrogen (secondary N) is 2. The van der Waals surface area contributed by atoms with Gasteiger partial charge in [0.25, 0.3) is 0 Å². The van der Waals surface area contributed by atoms with Gasteiger partial charge in [-0.25, -0.2) is 0 Å². The van der Waals surface area contributed by atoms with Gasteiger partial charge in [0.05, 0.1) is 0 Å². The molecule has 1 aliphatic rings. The van der Waals surface area contributed by atoms with Crippen LogP contribution in [0.1, 0.15) is 63.1 Å². The van der Waals surface area contributed by atoms with Crippen molar-refractivity contribution >= 4 is 5.91 Å². The normalized spacial score (nSPS) is 19.4. The Labute approximate surface area is 128 Å². The summed E-state index contributed by atoms with van der Waals surface area (Å²) in [5, 5.41) is 6.60. The van der Waals surface area contributed by atoms with Crippen molar-refractivity contribution in [3.63, 3.8) is 0 Å². The van der Waals surface area contributed by atoms with Gasteiger partial charge in [0, 0.05) is 25.0 Å². The Hall–Kier alpha value is -1.35. The summed E-state index contributed by atoms with van der Waals surface area (Å²) in [7, 11) is 0. The summed E-state index contributed by atoms with van der Waals surface area (Å²) in [6.07, 6.45) is 6.42. The van der Waals surface area contributed by atoms with Gasteiger partial charge >= 0.3 is 0 Å². The second kappa shape index (κ2) is 8.18. The lowest BCUT2D eigenvalue weighted by Gasteiger charge is -2.19.